The maximum Gasteiger partial charge on any atom is 0.234 e. The summed E-state index contributed by atoms with van der Waals surface area (Å²) < 4.78 is 0. The molecule has 1 amide bonds. The number of aryl methyl sites for hydroxylation is 1. The molecule has 1 aliphatic heterocycles. The van der Waals surface area contributed by atoms with Gasteiger partial charge < -0.3 is 10.6 Å². The lowest BCUT2D eigenvalue weighted by Gasteiger charge is -2.24. The third-order valence-electron chi connectivity index (χ3n) is 2.95. The maximum atomic E-state index is 11.2. The van der Waals surface area contributed by atoms with Gasteiger partial charge in [-0.2, -0.15) is 0 Å². The summed E-state index contributed by atoms with van der Waals surface area (Å²) in [5.74, 6) is 0.0985. The van der Waals surface area contributed by atoms with Crippen LogP contribution in [0.25, 0.3) is 0 Å². The minimum atomic E-state index is 0.0985. The first-order valence-corrected chi connectivity index (χ1v) is 5.86. The zero-order valence-electron chi connectivity index (χ0n) is 9.62. The highest BCUT2D eigenvalue weighted by Crippen LogP contribution is 2.08. The molecule has 1 aliphatic rings. The fourth-order valence-electron chi connectivity index (χ4n) is 2.01. The van der Waals surface area contributed by atoms with Gasteiger partial charge in [0, 0.05) is 12.6 Å². The molecule has 0 aromatic heterocycles. The van der Waals surface area contributed by atoms with E-state index in [1.165, 1.54) is 11.1 Å². The minimum absolute atomic E-state index is 0.0985. The highest BCUT2D eigenvalue weighted by atomic mass is 16.2. The lowest BCUT2D eigenvalue weighted by molar-refractivity contribution is -0.122. The number of hydrogen-bond acceptors (Lipinski definition) is 2. The van der Waals surface area contributed by atoms with Gasteiger partial charge in [-0.25, -0.2) is 0 Å². The van der Waals surface area contributed by atoms with Crippen LogP contribution in [0, 0.1) is 0 Å². The molecule has 3 nitrogen and oxygen atoms in total. The molecule has 0 bridgehead atoms. The van der Waals surface area contributed by atoms with Crippen molar-refractivity contribution in [1.29, 1.82) is 0 Å². The predicted molar refractivity (Wildman–Crippen MR) is 64.3 cm³/mol. The van der Waals surface area contributed by atoms with Crippen molar-refractivity contribution in [3.8, 4) is 0 Å². The molecule has 2 N–H and O–H groups in total. The van der Waals surface area contributed by atoms with Crippen LogP contribution in [-0.2, 0) is 17.6 Å². The van der Waals surface area contributed by atoms with Gasteiger partial charge in [0.2, 0.25) is 5.91 Å². The van der Waals surface area contributed by atoms with Gasteiger partial charge in [0.15, 0.2) is 0 Å². The number of amides is 1. The van der Waals surface area contributed by atoms with Crippen molar-refractivity contribution in [1.82, 2.24) is 10.6 Å². The molecule has 1 fully saturated rings. The summed E-state index contributed by atoms with van der Waals surface area (Å²) in [6.45, 7) is 3.47. The molecule has 3 heteroatoms. The largest absolute Gasteiger partial charge is 0.351 e. The van der Waals surface area contributed by atoms with Gasteiger partial charge in [-0.1, -0.05) is 31.2 Å². The third-order valence-corrected chi connectivity index (χ3v) is 2.95. The van der Waals surface area contributed by atoms with Crippen LogP contribution in [-0.4, -0.2) is 25.0 Å². The third kappa shape index (κ3) is 2.83. The Morgan fingerprint density at radius 1 is 1.25 bits per heavy atom. The minimum Gasteiger partial charge on any atom is -0.351 e. The number of hydrogen-bond donors (Lipinski definition) is 2. The summed E-state index contributed by atoms with van der Waals surface area (Å²) in [6.07, 6.45) is 1.98. The number of piperazine rings is 1. The average Bonchev–Trinajstić information content (AvgIpc) is 2.30. The Morgan fingerprint density at radius 3 is 2.56 bits per heavy atom. The summed E-state index contributed by atoms with van der Waals surface area (Å²) >= 11 is 0. The van der Waals surface area contributed by atoms with Crippen molar-refractivity contribution in [2.45, 2.75) is 25.8 Å². The highest BCUT2D eigenvalue weighted by Gasteiger charge is 2.17. The number of nitrogens with one attached hydrogen (secondary N) is 2. The number of carbonyl (C=O) groups is 1. The second-order valence-electron chi connectivity index (χ2n) is 4.27. The fourth-order valence-corrected chi connectivity index (χ4v) is 2.01. The molecular weight excluding hydrogens is 200 g/mol. The van der Waals surface area contributed by atoms with Crippen LogP contribution < -0.4 is 10.6 Å². The zero-order valence-corrected chi connectivity index (χ0v) is 9.62. The van der Waals surface area contributed by atoms with Crippen LogP contribution in [0.5, 0.6) is 0 Å². The van der Waals surface area contributed by atoms with Gasteiger partial charge in [0.05, 0.1) is 6.54 Å². The van der Waals surface area contributed by atoms with E-state index in [1.54, 1.807) is 0 Å². The second-order valence-corrected chi connectivity index (χ2v) is 4.27. The quantitative estimate of drug-likeness (QED) is 0.790. The maximum absolute atomic E-state index is 11.2. The molecule has 1 unspecified atom stereocenters. The highest BCUT2D eigenvalue weighted by molar-refractivity contribution is 5.79. The van der Waals surface area contributed by atoms with E-state index < -0.39 is 0 Å². The molecule has 1 aromatic carbocycles. The summed E-state index contributed by atoms with van der Waals surface area (Å²) in [7, 11) is 0. The summed E-state index contributed by atoms with van der Waals surface area (Å²) in [6, 6.07) is 8.86. The summed E-state index contributed by atoms with van der Waals surface area (Å²) in [5.41, 5.74) is 2.64. The molecule has 1 aromatic rings. The van der Waals surface area contributed by atoms with Crippen molar-refractivity contribution < 1.29 is 4.79 Å². The lowest BCUT2D eigenvalue weighted by Crippen LogP contribution is -2.52. The Morgan fingerprint density at radius 2 is 1.94 bits per heavy atom. The molecule has 16 heavy (non-hydrogen) atoms. The Kier molecular flexibility index (Phi) is 3.57. The van der Waals surface area contributed by atoms with E-state index in [-0.39, 0.29) is 11.9 Å². The van der Waals surface area contributed by atoms with Crippen molar-refractivity contribution in [3.63, 3.8) is 0 Å². The smallest absolute Gasteiger partial charge is 0.234 e. The van der Waals surface area contributed by atoms with Crippen molar-refractivity contribution in [3.05, 3.63) is 35.4 Å². The standard InChI is InChI=1S/C13H18N2O/c1-2-10-3-5-11(6-4-10)7-12-8-14-9-13(16)15-12/h3-6,12,14H,2,7-9H2,1H3,(H,15,16). The summed E-state index contributed by atoms with van der Waals surface area (Å²) in [4.78, 5) is 11.2. The van der Waals surface area contributed by atoms with Gasteiger partial charge in [0.1, 0.15) is 0 Å². The fraction of sp³-hybridized carbons (Fsp3) is 0.462. The number of carbonyl (C=O) groups excluding carboxylic acids is 1. The number of rotatable bonds is 3. The monoisotopic (exact) mass is 218 g/mol. The molecule has 0 radical (unpaired) electrons. The Labute approximate surface area is 96.2 Å². The van der Waals surface area contributed by atoms with Gasteiger partial charge in [-0.15, -0.1) is 0 Å². The van der Waals surface area contributed by atoms with E-state index in [0.29, 0.717) is 6.54 Å². The van der Waals surface area contributed by atoms with E-state index in [4.69, 9.17) is 0 Å². The topological polar surface area (TPSA) is 41.1 Å². The summed E-state index contributed by atoms with van der Waals surface area (Å²) in [5, 5.41) is 6.11. The molecule has 2 rings (SSSR count). The van der Waals surface area contributed by atoms with Crippen LogP contribution >= 0.6 is 0 Å². The zero-order chi connectivity index (χ0) is 11.4. The van der Waals surface area contributed by atoms with Crippen LogP contribution in [0.1, 0.15) is 18.1 Å². The van der Waals surface area contributed by atoms with Crippen LogP contribution in [0.3, 0.4) is 0 Å². The van der Waals surface area contributed by atoms with Gasteiger partial charge in [-0.3, -0.25) is 4.79 Å². The van der Waals surface area contributed by atoms with E-state index in [9.17, 15) is 4.79 Å². The van der Waals surface area contributed by atoms with Crippen LogP contribution in [0.15, 0.2) is 24.3 Å². The first-order valence-electron chi connectivity index (χ1n) is 5.86. The number of benzene rings is 1. The SMILES string of the molecule is CCc1ccc(CC2CNCC(=O)N2)cc1. The normalized spacial score (nSPS) is 20.6. The van der Waals surface area contributed by atoms with E-state index in [0.717, 1.165) is 19.4 Å². The van der Waals surface area contributed by atoms with Gasteiger partial charge >= 0.3 is 0 Å². The second kappa shape index (κ2) is 5.12. The van der Waals surface area contributed by atoms with Gasteiger partial charge in [0.25, 0.3) is 0 Å². The average molecular weight is 218 g/mol. The molecule has 86 valence electrons. The molecule has 1 atom stereocenters. The van der Waals surface area contributed by atoms with Crippen molar-refractivity contribution >= 4 is 5.91 Å². The first-order chi connectivity index (χ1) is 7.78. The Balaban J connectivity index is 1.94. The molecule has 1 saturated heterocycles. The van der Waals surface area contributed by atoms with Gasteiger partial charge in [-0.05, 0) is 24.0 Å². The molecule has 0 spiro atoms. The first kappa shape index (κ1) is 11.1. The lowest BCUT2D eigenvalue weighted by atomic mass is 10.0. The Hall–Kier alpha value is -1.35. The van der Waals surface area contributed by atoms with E-state index in [1.807, 2.05) is 0 Å². The molecule has 0 aliphatic carbocycles. The van der Waals surface area contributed by atoms with Crippen LogP contribution in [0.2, 0.25) is 0 Å². The van der Waals surface area contributed by atoms with E-state index in [2.05, 4.69) is 41.8 Å². The van der Waals surface area contributed by atoms with E-state index >= 15 is 0 Å². The molecule has 0 saturated carbocycles. The van der Waals surface area contributed by atoms with Crippen LogP contribution in [0.4, 0.5) is 0 Å². The van der Waals surface area contributed by atoms with Crippen molar-refractivity contribution in [2.75, 3.05) is 13.1 Å². The molecular formula is C13H18N2O. The predicted octanol–water partition coefficient (Wildman–Crippen LogP) is 0.879. The molecule has 1 heterocycles. The Bertz CT molecular complexity index is 359. The van der Waals surface area contributed by atoms with Crippen molar-refractivity contribution in [2.24, 2.45) is 0 Å².